The molecule has 0 aliphatic carbocycles. The molecule has 2 nitrogen and oxygen atoms in total. The molecule has 2 rings (SSSR count). The van der Waals surface area contributed by atoms with Gasteiger partial charge in [0, 0.05) is 19.0 Å². The molecular formula is C14H12Br2Cl2N2. The Morgan fingerprint density at radius 1 is 1.10 bits per heavy atom. The SMILES string of the molecule is NNC(Cc1ccc(Br)cc1Cl)c1cc(Cl)ccc1Br. The van der Waals surface area contributed by atoms with Crippen molar-refractivity contribution in [2.24, 2.45) is 5.84 Å². The zero-order valence-corrected chi connectivity index (χ0v) is 15.0. The Morgan fingerprint density at radius 2 is 1.85 bits per heavy atom. The van der Waals surface area contributed by atoms with Gasteiger partial charge in [0.25, 0.3) is 0 Å². The maximum atomic E-state index is 6.25. The number of nitrogens with one attached hydrogen (secondary N) is 1. The maximum absolute atomic E-state index is 6.25. The van der Waals surface area contributed by atoms with E-state index in [1.807, 2.05) is 36.4 Å². The van der Waals surface area contributed by atoms with Gasteiger partial charge in [0.15, 0.2) is 0 Å². The van der Waals surface area contributed by atoms with Crippen LogP contribution in [0.5, 0.6) is 0 Å². The highest BCUT2D eigenvalue weighted by Gasteiger charge is 2.16. The molecule has 0 saturated carbocycles. The Labute approximate surface area is 144 Å². The molecule has 0 aliphatic rings. The lowest BCUT2D eigenvalue weighted by atomic mass is 9.99. The molecule has 0 bridgehead atoms. The molecule has 1 atom stereocenters. The first-order chi connectivity index (χ1) is 9.51. The van der Waals surface area contributed by atoms with Gasteiger partial charge in [-0.3, -0.25) is 11.3 Å². The van der Waals surface area contributed by atoms with Crippen LogP contribution in [0.3, 0.4) is 0 Å². The predicted octanol–water partition coefficient (Wildman–Crippen LogP) is 5.27. The fraction of sp³-hybridized carbons (Fsp3) is 0.143. The van der Waals surface area contributed by atoms with Gasteiger partial charge in [-0.1, -0.05) is 61.1 Å². The van der Waals surface area contributed by atoms with Crippen LogP contribution in [0.25, 0.3) is 0 Å². The molecule has 0 amide bonds. The van der Waals surface area contributed by atoms with Crippen LogP contribution in [0.2, 0.25) is 10.0 Å². The molecule has 106 valence electrons. The minimum absolute atomic E-state index is 0.0817. The van der Waals surface area contributed by atoms with Crippen molar-refractivity contribution >= 4 is 55.1 Å². The normalized spacial score (nSPS) is 12.4. The van der Waals surface area contributed by atoms with Gasteiger partial charge in [-0.05, 0) is 47.9 Å². The van der Waals surface area contributed by atoms with E-state index < -0.39 is 0 Å². The summed E-state index contributed by atoms with van der Waals surface area (Å²) >= 11 is 19.2. The first kappa shape index (κ1) is 16.3. The summed E-state index contributed by atoms with van der Waals surface area (Å²) in [5.74, 6) is 5.69. The number of hydrazine groups is 1. The van der Waals surface area contributed by atoms with Gasteiger partial charge in [-0.2, -0.15) is 0 Å². The van der Waals surface area contributed by atoms with E-state index in [2.05, 4.69) is 37.3 Å². The van der Waals surface area contributed by atoms with Gasteiger partial charge in [0.1, 0.15) is 0 Å². The van der Waals surface area contributed by atoms with Crippen molar-refractivity contribution in [2.75, 3.05) is 0 Å². The van der Waals surface area contributed by atoms with E-state index in [9.17, 15) is 0 Å². The molecule has 0 aliphatic heterocycles. The fourth-order valence-electron chi connectivity index (χ4n) is 1.95. The number of nitrogens with two attached hydrogens (primary N) is 1. The highest BCUT2D eigenvalue weighted by molar-refractivity contribution is 9.10. The van der Waals surface area contributed by atoms with Crippen LogP contribution in [0.15, 0.2) is 45.3 Å². The van der Waals surface area contributed by atoms with Crippen molar-refractivity contribution < 1.29 is 0 Å². The monoisotopic (exact) mass is 436 g/mol. The summed E-state index contributed by atoms with van der Waals surface area (Å²) in [5.41, 5.74) is 4.84. The third kappa shape index (κ3) is 3.97. The van der Waals surface area contributed by atoms with Crippen molar-refractivity contribution in [1.29, 1.82) is 0 Å². The van der Waals surface area contributed by atoms with Crippen molar-refractivity contribution in [1.82, 2.24) is 5.43 Å². The van der Waals surface area contributed by atoms with Crippen LogP contribution in [0.1, 0.15) is 17.2 Å². The molecule has 2 aromatic carbocycles. The molecular weight excluding hydrogens is 427 g/mol. The van der Waals surface area contributed by atoms with Crippen LogP contribution >= 0.6 is 55.1 Å². The second-order valence-corrected chi connectivity index (χ2v) is 6.94. The lowest BCUT2D eigenvalue weighted by molar-refractivity contribution is 0.550. The van der Waals surface area contributed by atoms with Crippen LogP contribution in [-0.4, -0.2) is 0 Å². The molecule has 20 heavy (non-hydrogen) atoms. The van der Waals surface area contributed by atoms with Gasteiger partial charge in [-0.15, -0.1) is 0 Å². The minimum atomic E-state index is -0.0817. The maximum Gasteiger partial charge on any atom is 0.0512 e. The molecule has 0 heterocycles. The van der Waals surface area contributed by atoms with Crippen LogP contribution in [0, 0.1) is 0 Å². The molecule has 3 N–H and O–H groups in total. The van der Waals surface area contributed by atoms with Gasteiger partial charge >= 0.3 is 0 Å². The molecule has 0 spiro atoms. The number of hydrogen-bond donors (Lipinski definition) is 2. The summed E-state index contributed by atoms with van der Waals surface area (Å²) in [6.07, 6.45) is 0.668. The number of rotatable bonds is 4. The summed E-state index contributed by atoms with van der Waals surface area (Å²) in [4.78, 5) is 0. The molecule has 0 fully saturated rings. The lowest BCUT2D eigenvalue weighted by Gasteiger charge is -2.19. The summed E-state index contributed by atoms with van der Waals surface area (Å²) in [6.45, 7) is 0. The molecule has 0 aromatic heterocycles. The summed E-state index contributed by atoms with van der Waals surface area (Å²) < 4.78 is 1.91. The van der Waals surface area contributed by atoms with E-state index in [4.69, 9.17) is 29.0 Å². The fourth-order valence-corrected chi connectivity index (χ4v) is 3.40. The van der Waals surface area contributed by atoms with E-state index in [0.29, 0.717) is 16.5 Å². The average molecular weight is 439 g/mol. The predicted molar refractivity (Wildman–Crippen MR) is 92.1 cm³/mol. The Hall–Kier alpha value is -0.100. The zero-order valence-electron chi connectivity index (χ0n) is 10.3. The lowest BCUT2D eigenvalue weighted by Crippen LogP contribution is -2.30. The third-order valence-corrected chi connectivity index (χ3v) is 4.78. The van der Waals surface area contributed by atoms with Gasteiger partial charge in [0.2, 0.25) is 0 Å². The smallest absolute Gasteiger partial charge is 0.0512 e. The molecule has 6 heteroatoms. The summed E-state index contributed by atoms with van der Waals surface area (Å²) in [6, 6.07) is 11.4. The van der Waals surface area contributed by atoms with E-state index >= 15 is 0 Å². The van der Waals surface area contributed by atoms with Crippen molar-refractivity contribution in [2.45, 2.75) is 12.5 Å². The third-order valence-electron chi connectivity index (χ3n) is 2.97. The molecule has 0 radical (unpaired) electrons. The highest BCUT2D eigenvalue weighted by atomic mass is 79.9. The number of halogens is 4. The molecule has 2 aromatic rings. The Balaban J connectivity index is 2.31. The topological polar surface area (TPSA) is 38.0 Å². The first-order valence-electron chi connectivity index (χ1n) is 5.86. The van der Waals surface area contributed by atoms with Crippen molar-refractivity contribution in [3.8, 4) is 0 Å². The zero-order chi connectivity index (χ0) is 14.7. The number of benzene rings is 2. The van der Waals surface area contributed by atoms with Gasteiger partial charge in [-0.25, -0.2) is 0 Å². The Kier molecular flexibility index (Phi) is 5.90. The standard InChI is InChI=1S/C14H12Br2Cl2N2/c15-9-2-1-8(13(18)6-9)5-14(20-19)11-7-10(17)3-4-12(11)16/h1-4,6-7,14,20H,5,19H2. The summed E-state index contributed by atoms with van der Waals surface area (Å²) in [7, 11) is 0. The summed E-state index contributed by atoms with van der Waals surface area (Å²) in [5, 5.41) is 1.38. The van der Waals surface area contributed by atoms with E-state index in [-0.39, 0.29) is 6.04 Å². The van der Waals surface area contributed by atoms with E-state index in [1.54, 1.807) is 0 Å². The molecule has 0 saturated heterocycles. The highest BCUT2D eigenvalue weighted by Crippen LogP contribution is 2.31. The minimum Gasteiger partial charge on any atom is -0.271 e. The van der Waals surface area contributed by atoms with Crippen LogP contribution in [-0.2, 0) is 6.42 Å². The van der Waals surface area contributed by atoms with E-state index in [0.717, 1.165) is 20.1 Å². The second-order valence-electron chi connectivity index (χ2n) is 4.32. The number of hydrogen-bond acceptors (Lipinski definition) is 2. The molecule has 1 unspecified atom stereocenters. The second kappa shape index (κ2) is 7.25. The average Bonchev–Trinajstić information content (AvgIpc) is 2.41. The van der Waals surface area contributed by atoms with Crippen molar-refractivity contribution in [3.63, 3.8) is 0 Å². The first-order valence-corrected chi connectivity index (χ1v) is 8.20. The van der Waals surface area contributed by atoms with E-state index in [1.165, 1.54) is 0 Å². The quantitative estimate of drug-likeness (QED) is 0.504. The Morgan fingerprint density at radius 3 is 2.50 bits per heavy atom. The Bertz CT molecular complexity index is 620. The van der Waals surface area contributed by atoms with Crippen LogP contribution in [0.4, 0.5) is 0 Å². The van der Waals surface area contributed by atoms with Crippen molar-refractivity contribution in [3.05, 3.63) is 66.5 Å². The van der Waals surface area contributed by atoms with Crippen LogP contribution < -0.4 is 11.3 Å². The van der Waals surface area contributed by atoms with Gasteiger partial charge < -0.3 is 0 Å². The largest absolute Gasteiger partial charge is 0.271 e. The van der Waals surface area contributed by atoms with Gasteiger partial charge in [0.05, 0.1) is 6.04 Å².